The first-order valence-electron chi connectivity index (χ1n) is 7.28. The number of benzene rings is 2. The van der Waals surface area contributed by atoms with Crippen molar-refractivity contribution in [2.45, 2.75) is 13.1 Å². The summed E-state index contributed by atoms with van der Waals surface area (Å²) in [5.41, 5.74) is 2.69. The molecule has 4 nitrogen and oxygen atoms in total. The number of hydrogen-bond donors (Lipinski definition) is 1. The van der Waals surface area contributed by atoms with E-state index in [1.807, 2.05) is 22.9 Å². The van der Waals surface area contributed by atoms with Crippen LogP contribution in [0.3, 0.4) is 0 Å². The fraction of sp³-hybridized carbons (Fsp3) is 0.111. The quantitative estimate of drug-likeness (QED) is 0.780. The SMILES string of the molecule is O=C(NCc1cccc(Cn2ccnc2)c1)c1ccccc1Cl. The maximum atomic E-state index is 12.2. The maximum absolute atomic E-state index is 12.2. The smallest absolute Gasteiger partial charge is 0.253 e. The van der Waals surface area contributed by atoms with E-state index in [0.29, 0.717) is 17.1 Å². The first-order chi connectivity index (χ1) is 11.2. The highest BCUT2D eigenvalue weighted by Crippen LogP contribution is 2.15. The third-order valence-electron chi connectivity index (χ3n) is 3.49. The molecule has 0 aliphatic heterocycles. The Hall–Kier alpha value is -2.59. The molecule has 0 spiro atoms. The van der Waals surface area contributed by atoms with E-state index in [1.165, 1.54) is 0 Å². The molecule has 1 amide bonds. The zero-order chi connectivity index (χ0) is 16.1. The second-order valence-corrected chi connectivity index (χ2v) is 5.62. The van der Waals surface area contributed by atoms with Gasteiger partial charge in [-0.2, -0.15) is 0 Å². The van der Waals surface area contributed by atoms with Crippen molar-refractivity contribution in [3.05, 3.63) is 89.0 Å². The van der Waals surface area contributed by atoms with Gasteiger partial charge < -0.3 is 9.88 Å². The van der Waals surface area contributed by atoms with Crippen LogP contribution in [-0.4, -0.2) is 15.5 Å². The van der Waals surface area contributed by atoms with Gasteiger partial charge in [0.2, 0.25) is 0 Å². The van der Waals surface area contributed by atoms with Gasteiger partial charge in [-0.25, -0.2) is 4.98 Å². The molecule has 0 fully saturated rings. The van der Waals surface area contributed by atoms with Gasteiger partial charge in [-0.15, -0.1) is 0 Å². The molecule has 5 heteroatoms. The van der Waals surface area contributed by atoms with E-state index >= 15 is 0 Å². The molecule has 0 atom stereocenters. The zero-order valence-corrected chi connectivity index (χ0v) is 13.2. The fourth-order valence-corrected chi connectivity index (χ4v) is 2.57. The summed E-state index contributed by atoms with van der Waals surface area (Å²) in [6, 6.07) is 15.1. The van der Waals surface area contributed by atoms with Crippen LogP contribution in [0.15, 0.2) is 67.3 Å². The Balaban J connectivity index is 1.64. The van der Waals surface area contributed by atoms with E-state index in [4.69, 9.17) is 11.6 Å². The van der Waals surface area contributed by atoms with Crippen LogP contribution in [0.25, 0.3) is 0 Å². The van der Waals surface area contributed by atoms with Crippen molar-refractivity contribution in [1.29, 1.82) is 0 Å². The van der Waals surface area contributed by atoms with E-state index < -0.39 is 0 Å². The summed E-state index contributed by atoms with van der Waals surface area (Å²) in [5, 5.41) is 3.36. The fourth-order valence-electron chi connectivity index (χ4n) is 2.35. The minimum atomic E-state index is -0.171. The number of nitrogens with one attached hydrogen (secondary N) is 1. The van der Waals surface area contributed by atoms with Crippen molar-refractivity contribution < 1.29 is 4.79 Å². The summed E-state index contributed by atoms with van der Waals surface area (Å²) in [4.78, 5) is 16.2. The molecule has 2 aromatic carbocycles. The van der Waals surface area contributed by atoms with Crippen molar-refractivity contribution in [1.82, 2.24) is 14.9 Å². The summed E-state index contributed by atoms with van der Waals surface area (Å²) in [7, 11) is 0. The summed E-state index contributed by atoms with van der Waals surface area (Å²) in [6.45, 7) is 1.22. The lowest BCUT2D eigenvalue weighted by Crippen LogP contribution is -2.23. The first kappa shape index (κ1) is 15.3. The minimum Gasteiger partial charge on any atom is -0.348 e. The van der Waals surface area contributed by atoms with Crippen LogP contribution >= 0.6 is 11.6 Å². The van der Waals surface area contributed by atoms with Gasteiger partial charge >= 0.3 is 0 Å². The monoisotopic (exact) mass is 325 g/mol. The number of imidazole rings is 1. The molecule has 1 aromatic heterocycles. The van der Waals surface area contributed by atoms with Crippen LogP contribution in [0, 0.1) is 0 Å². The van der Waals surface area contributed by atoms with Gasteiger partial charge in [-0.1, -0.05) is 48.0 Å². The standard InChI is InChI=1S/C18H16ClN3O/c19-17-7-2-1-6-16(17)18(23)21-11-14-4-3-5-15(10-14)12-22-9-8-20-13-22/h1-10,13H,11-12H2,(H,21,23). The van der Waals surface area contributed by atoms with E-state index in [1.54, 1.807) is 36.8 Å². The van der Waals surface area contributed by atoms with Gasteiger partial charge in [0, 0.05) is 25.5 Å². The van der Waals surface area contributed by atoms with Gasteiger partial charge in [0.1, 0.15) is 0 Å². The molecule has 1 N–H and O–H groups in total. The van der Waals surface area contributed by atoms with Crippen molar-refractivity contribution in [3.8, 4) is 0 Å². The predicted octanol–water partition coefficient (Wildman–Crippen LogP) is 3.51. The highest BCUT2D eigenvalue weighted by atomic mass is 35.5. The summed E-state index contributed by atoms with van der Waals surface area (Å²) in [6.07, 6.45) is 5.46. The molecule has 116 valence electrons. The third kappa shape index (κ3) is 3.99. The van der Waals surface area contributed by atoms with Crippen LogP contribution in [0.1, 0.15) is 21.5 Å². The van der Waals surface area contributed by atoms with Crippen LogP contribution in [0.4, 0.5) is 0 Å². The van der Waals surface area contributed by atoms with Gasteiger partial charge in [0.05, 0.1) is 16.9 Å². The normalized spacial score (nSPS) is 10.5. The predicted molar refractivity (Wildman–Crippen MR) is 90.4 cm³/mol. The highest BCUT2D eigenvalue weighted by Gasteiger charge is 2.09. The lowest BCUT2D eigenvalue weighted by molar-refractivity contribution is 0.0951. The molecule has 3 rings (SSSR count). The van der Waals surface area contributed by atoms with E-state index in [9.17, 15) is 4.79 Å². The second kappa shape index (κ2) is 7.11. The zero-order valence-electron chi connectivity index (χ0n) is 12.4. The number of amides is 1. The highest BCUT2D eigenvalue weighted by molar-refractivity contribution is 6.33. The van der Waals surface area contributed by atoms with Crippen LogP contribution in [-0.2, 0) is 13.1 Å². The molecule has 0 aliphatic carbocycles. The molecule has 0 saturated heterocycles. The van der Waals surface area contributed by atoms with E-state index in [0.717, 1.165) is 17.7 Å². The van der Waals surface area contributed by atoms with E-state index in [-0.39, 0.29) is 5.91 Å². The first-order valence-corrected chi connectivity index (χ1v) is 7.66. The van der Waals surface area contributed by atoms with Gasteiger partial charge in [-0.05, 0) is 23.3 Å². The Morgan fingerprint density at radius 3 is 2.74 bits per heavy atom. The summed E-state index contributed by atoms with van der Waals surface area (Å²) < 4.78 is 2.00. The van der Waals surface area contributed by atoms with Crippen molar-refractivity contribution in [2.75, 3.05) is 0 Å². The Bertz CT molecular complexity index is 800. The van der Waals surface area contributed by atoms with Gasteiger partial charge in [0.25, 0.3) is 5.91 Å². The Morgan fingerprint density at radius 2 is 1.96 bits per heavy atom. The van der Waals surface area contributed by atoms with E-state index in [2.05, 4.69) is 22.4 Å². The minimum absolute atomic E-state index is 0.171. The molecule has 23 heavy (non-hydrogen) atoms. The maximum Gasteiger partial charge on any atom is 0.253 e. The molecule has 0 aliphatic rings. The molecule has 0 radical (unpaired) electrons. The number of nitrogens with zero attached hydrogens (tertiary/aromatic N) is 2. The Kier molecular flexibility index (Phi) is 4.74. The van der Waals surface area contributed by atoms with Crippen LogP contribution < -0.4 is 5.32 Å². The molecule has 0 unspecified atom stereocenters. The van der Waals surface area contributed by atoms with Crippen molar-refractivity contribution in [3.63, 3.8) is 0 Å². The molecule has 1 heterocycles. The van der Waals surface area contributed by atoms with Crippen LogP contribution in [0.5, 0.6) is 0 Å². The number of carbonyl (C=O) groups excluding carboxylic acids is 1. The molecule has 3 aromatic rings. The molecular formula is C18H16ClN3O. The molecule has 0 bridgehead atoms. The number of hydrogen-bond acceptors (Lipinski definition) is 2. The summed E-state index contributed by atoms with van der Waals surface area (Å²) >= 11 is 6.04. The average Bonchev–Trinajstić information content (AvgIpc) is 3.06. The Morgan fingerprint density at radius 1 is 1.13 bits per heavy atom. The average molecular weight is 326 g/mol. The number of aromatic nitrogens is 2. The molecular weight excluding hydrogens is 310 g/mol. The molecule has 0 saturated carbocycles. The number of halogens is 1. The van der Waals surface area contributed by atoms with Gasteiger partial charge in [-0.3, -0.25) is 4.79 Å². The largest absolute Gasteiger partial charge is 0.348 e. The van der Waals surface area contributed by atoms with Gasteiger partial charge in [0.15, 0.2) is 0 Å². The number of carbonyl (C=O) groups is 1. The lowest BCUT2D eigenvalue weighted by atomic mass is 10.1. The number of rotatable bonds is 5. The topological polar surface area (TPSA) is 46.9 Å². The Labute approximate surface area is 139 Å². The van der Waals surface area contributed by atoms with Crippen molar-refractivity contribution >= 4 is 17.5 Å². The third-order valence-corrected chi connectivity index (χ3v) is 3.82. The van der Waals surface area contributed by atoms with Crippen molar-refractivity contribution in [2.24, 2.45) is 0 Å². The summed E-state index contributed by atoms with van der Waals surface area (Å²) in [5.74, 6) is -0.171. The second-order valence-electron chi connectivity index (χ2n) is 5.22. The lowest BCUT2D eigenvalue weighted by Gasteiger charge is -2.09. The van der Waals surface area contributed by atoms with Crippen LogP contribution in [0.2, 0.25) is 5.02 Å².